The lowest BCUT2D eigenvalue weighted by atomic mass is 10.0. The van der Waals surface area contributed by atoms with Gasteiger partial charge in [-0.25, -0.2) is 8.78 Å². The van der Waals surface area contributed by atoms with E-state index >= 15 is 0 Å². The van der Waals surface area contributed by atoms with Gasteiger partial charge in [0.25, 0.3) is 5.56 Å². The number of hydrogen-bond donors (Lipinski definition) is 2. The third-order valence-corrected chi connectivity index (χ3v) is 4.52. The van der Waals surface area contributed by atoms with E-state index in [1.54, 1.807) is 25.3 Å². The molecule has 0 unspecified atom stereocenters. The molecule has 2 N–H and O–H groups in total. The molecule has 0 spiro atoms. The second-order valence-corrected chi connectivity index (χ2v) is 6.46. The van der Waals surface area contributed by atoms with Crippen LogP contribution in [-0.4, -0.2) is 23.0 Å². The lowest BCUT2D eigenvalue weighted by Gasteiger charge is -2.14. The Hall–Kier alpha value is -3.29. The van der Waals surface area contributed by atoms with Crippen LogP contribution < -0.4 is 15.6 Å². The van der Waals surface area contributed by atoms with Gasteiger partial charge in [-0.3, -0.25) is 14.6 Å². The van der Waals surface area contributed by atoms with E-state index in [2.05, 4.69) is 15.3 Å². The number of carbonyl (C=O) groups is 1. The third-order valence-electron chi connectivity index (χ3n) is 4.52. The van der Waals surface area contributed by atoms with Crippen LogP contribution in [0.3, 0.4) is 0 Å². The number of amides is 1. The lowest BCUT2D eigenvalue weighted by molar-refractivity contribution is -0.121. The highest BCUT2D eigenvalue weighted by Gasteiger charge is 2.17. The minimum absolute atomic E-state index is 0.0808. The van der Waals surface area contributed by atoms with E-state index in [0.29, 0.717) is 17.3 Å². The quantitative estimate of drug-likeness (QED) is 0.705. The zero-order valence-corrected chi connectivity index (χ0v) is 15.6. The Morgan fingerprint density at radius 1 is 1.32 bits per heavy atom. The van der Waals surface area contributed by atoms with Crippen molar-refractivity contribution in [1.29, 1.82) is 0 Å². The molecule has 6 nitrogen and oxygen atoms in total. The van der Waals surface area contributed by atoms with Crippen molar-refractivity contribution in [3.8, 4) is 5.75 Å². The molecule has 0 bridgehead atoms. The number of aryl methyl sites for hydroxylation is 1. The summed E-state index contributed by atoms with van der Waals surface area (Å²) in [4.78, 5) is 31.1. The first-order valence-electron chi connectivity index (χ1n) is 8.60. The van der Waals surface area contributed by atoms with Gasteiger partial charge in [0.2, 0.25) is 5.91 Å². The molecule has 0 aliphatic rings. The van der Waals surface area contributed by atoms with Crippen molar-refractivity contribution < 1.29 is 18.3 Å². The molecule has 0 aliphatic carbocycles. The Bertz CT molecular complexity index is 1110. The van der Waals surface area contributed by atoms with Crippen LogP contribution in [0.4, 0.5) is 8.78 Å². The highest BCUT2D eigenvalue weighted by Crippen LogP contribution is 2.25. The molecule has 146 valence electrons. The lowest BCUT2D eigenvalue weighted by Crippen LogP contribution is -2.31. The van der Waals surface area contributed by atoms with Gasteiger partial charge >= 0.3 is 0 Å². The van der Waals surface area contributed by atoms with Crippen molar-refractivity contribution >= 4 is 16.8 Å². The van der Waals surface area contributed by atoms with Crippen molar-refractivity contribution in [3.63, 3.8) is 0 Å². The van der Waals surface area contributed by atoms with E-state index < -0.39 is 23.6 Å². The average Bonchev–Trinajstić information content (AvgIpc) is 2.63. The fraction of sp³-hybridized carbons (Fsp3) is 0.250. The summed E-state index contributed by atoms with van der Waals surface area (Å²) in [6, 6.07) is 5.06. The summed E-state index contributed by atoms with van der Waals surface area (Å²) in [5.41, 5.74) is 1.28. The number of hydrogen-bond acceptors (Lipinski definition) is 4. The molecule has 0 saturated carbocycles. The Morgan fingerprint density at radius 3 is 2.75 bits per heavy atom. The molecule has 2 aromatic heterocycles. The van der Waals surface area contributed by atoms with E-state index in [4.69, 9.17) is 4.74 Å². The summed E-state index contributed by atoms with van der Waals surface area (Å²) in [7, 11) is 1.55. The summed E-state index contributed by atoms with van der Waals surface area (Å²) in [5, 5.41) is 3.34. The first-order chi connectivity index (χ1) is 13.3. The van der Waals surface area contributed by atoms with Gasteiger partial charge in [-0.2, -0.15) is 0 Å². The van der Waals surface area contributed by atoms with Crippen LogP contribution in [-0.2, 0) is 11.2 Å². The van der Waals surface area contributed by atoms with E-state index in [1.165, 1.54) is 6.92 Å². The molecule has 0 aliphatic heterocycles. The molecule has 3 rings (SSSR count). The van der Waals surface area contributed by atoms with Gasteiger partial charge in [-0.05, 0) is 32.0 Å². The molecule has 0 radical (unpaired) electrons. The number of aromatic amines is 1. The fourth-order valence-electron chi connectivity index (χ4n) is 3.08. The van der Waals surface area contributed by atoms with Gasteiger partial charge in [0.15, 0.2) is 0 Å². The Balaban J connectivity index is 1.83. The Kier molecular flexibility index (Phi) is 5.39. The van der Waals surface area contributed by atoms with Crippen LogP contribution in [0.1, 0.15) is 29.8 Å². The molecule has 2 heterocycles. The third kappa shape index (κ3) is 3.85. The predicted molar refractivity (Wildman–Crippen MR) is 100 cm³/mol. The first-order valence-corrected chi connectivity index (χ1v) is 8.60. The van der Waals surface area contributed by atoms with E-state index in [9.17, 15) is 18.4 Å². The summed E-state index contributed by atoms with van der Waals surface area (Å²) in [6.45, 7) is 3.38. The van der Waals surface area contributed by atoms with Gasteiger partial charge in [-0.1, -0.05) is 0 Å². The number of rotatable bonds is 5. The van der Waals surface area contributed by atoms with Gasteiger partial charge in [-0.15, -0.1) is 0 Å². The number of halogens is 2. The zero-order chi connectivity index (χ0) is 20.4. The number of pyridine rings is 2. The monoisotopic (exact) mass is 387 g/mol. The molecule has 1 amide bonds. The topological polar surface area (TPSA) is 84.1 Å². The molecule has 1 atom stereocenters. The number of fused-ring (bicyclic) bond motifs is 1. The molecule has 28 heavy (non-hydrogen) atoms. The predicted octanol–water partition coefficient (Wildman–Crippen LogP) is 2.94. The van der Waals surface area contributed by atoms with E-state index in [1.807, 2.05) is 6.92 Å². The van der Waals surface area contributed by atoms with Gasteiger partial charge in [0.1, 0.15) is 17.4 Å². The number of aromatic nitrogens is 2. The maximum Gasteiger partial charge on any atom is 0.252 e. The van der Waals surface area contributed by atoms with E-state index in [-0.39, 0.29) is 23.2 Å². The van der Waals surface area contributed by atoms with Crippen LogP contribution >= 0.6 is 0 Å². The summed E-state index contributed by atoms with van der Waals surface area (Å²) in [5.74, 6) is -1.46. The summed E-state index contributed by atoms with van der Waals surface area (Å²) >= 11 is 0. The molecular weight excluding hydrogens is 368 g/mol. The van der Waals surface area contributed by atoms with Crippen LogP contribution in [0.15, 0.2) is 35.3 Å². The largest absolute Gasteiger partial charge is 0.496 e. The average molecular weight is 387 g/mol. The number of methoxy groups -OCH3 is 1. The molecule has 3 aromatic rings. The number of benzene rings is 1. The van der Waals surface area contributed by atoms with Crippen molar-refractivity contribution in [3.05, 3.63) is 69.3 Å². The van der Waals surface area contributed by atoms with Crippen molar-refractivity contribution in [2.24, 2.45) is 0 Å². The number of nitrogens with one attached hydrogen (secondary N) is 2. The maximum atomic E-state index is 13.8. The van der Waals surface area contributed by atoms with Gasteiger partial charge in [0.05, 0.1) is 31.5 Å². The highest BCUT2D eigenvalue weighted by molar-refractivity contribution is 5.86. The van der Waals surface area contributed by atoms with Crippen LogP contribution in [0.25, 0.3) is 10.9 Å². The molecule has 1 aromatic carbocycles. The van der Waals surface area contributed by atoms with Crippen molar-refractivity contribution in [2.75, 3.05) is 7.11 Å². The fourth-order valence-corrected chi connectivity index (χ4v) is 3.08. The number of nitrogens with zero attached hydrogens (tertiary/aromatic N) is 1. The standard InChI is InChI=1S/C20H19F2N3O3/c1-10-14-6-12(20(27)25-16(14)4-5-17(10)28-3)7-18(26)24-11(2)19-15(22)8-13(21)9-23-19/h4-6,8-9,11H,7H2,1-3H3,(H,24,26)(H,25,27)/t11-/m1/s1. The second-order valence-electron chi connectivity index (χ2n) is 6.46. The minimum Gasteiger partial charge on any atom is -0.496 e. The van der Waals surface area contributed by atoms with Crippen molar-refractivity contribution in [1.82, 2.24) is 15.3 Å². The van der Waals surface area contributed by atoms with Gasteiger partial charge < -0.3 is 15.0 Å². The summed E-state index contributed by atoms with van der Waals surface area (Å²) < 4.78 is 32.1. The van der Waals surface area contributed by atoms with Crippen LogP contribution in [0.5, 0.6) is 5.75 Å². The highest BCUT2D eigenvalue weighted by atomic mass is 19.1. The van der Waals surface area contributed by atoms with Gasteiger partial charge in [0, 0.05) is 28.1 Å². The van der Waals surface area contributed by atoms with Crippen molar-refractivity contribution in [2.45, 2.75) is 26.3 Å². The summed E-state index contributed by atoms with van der Waals surface area (Å²) in [6.07, 6.45) is 0.681. The zero-order valence-electron chi connectivity index (χ0n) is 15.6. The SMILES string of the molecule is COc1ccc2[nH]c(=O)c(CC(=O)N[C@H](C)c3ncc(F)cc3F)cc2c1C. The molecule has 0 saturated heterocycles. The smallest absolute Gasteiger partial charge is 0.252 e. The molecular formula is C20H19F2N3O3. The number of H-pyrrole nitrogens is 1. The van der Waals surface area contributed by atoms with E-state index in [0.717, 1.165) is 17.1 Å². The number of ether oxygens (including phenoxy) is 1. The Labute approximate surface area is 159 Å². The first kappa shape index (κ1) is 19.5. The molecule has 0 fully saturated rings. The number of carbonyl (C=O) groups excluding carboxylic acids is 1. The second kappa shape index (κ2) is 7.75. The van der Waals surface area contributed by atoms with Crippen LogP contribution in [0.2, 0.25) is 0 Å². The van der Waals surface area contributed by atoms with Crippen LogP contribution in [0, 0.1) is 18.6 Å². The normalized spacial score (nSPS) is 12.0. The maximum absolute atomic E-state index is 13.8. The minimum atomic E-state index is -0.848. The molecule has 8 heteroatoms. The Morgan fingerprint density at radius 2 is 2.07 bits per heavy atom.